The van der Waals surface area contributed by atoms with E-state index in [1.165, 1.54) is 31.2 Å². The second-order valence-electron chi connectivity index (χ2n) is 11.6. The fourth-order valence-corrected chi connectivity index (χ4v) is 7.40. The van der Waals surface area contributed by atoms with E-state index in [2.05, 4.69) is 71.3 Å². The average Bonchev–Trinajstić information content (AvgIpc) is 3.75. The van der Waals surface area contributed by atoms with Crippen LogP contribution in [-0.4, -0.2) is 21.6 Å². The molecule has 4 nitrogen and oxygen atoms in total. The van der Waals surface area contributed by atoms with E-state index >= 15 is 0 Å². The molecule has 0 amide bonds. The lowest BCUT2D eigenvalue weighted by atomic mass is 9.94. The smallest absolute Gasteiger partial charge is 0.141 e. The molecule has 0 spiro atoms. The molecule has 3 atom stereocenters. The fraction of sp³-hybridized carbons (Fsp3) is 0.222. The van der Waals surface area contributed by atoms with Crippen molar-refractivity contribution in [3.05, 3.63) is 102 Å². The Kier molecular flexibility index (Phi) is 5.85. The van der Waals surface area contributed by atoms with Crippen LogP contribution in [0.15, 0.2) is 97.1 Å². The summed E-state index contributed by atoms with van der Waals surface area (Å²) in [6.07, 6.45) is 5.37. The molecule has 2 fully saturated rings. The van der Waals surface area contributed by atoms with Crippen LogP contribution in [0.4, 0.5) is 0 Å². The van der Waals surface area contributed by atoms with E-state index in [1.807, 2.05) is 30.3 Å². The van der Waals surface area contributed by atoms with Gasteiger partial charge in [-0.3, -0.25) is 0 Å². The first kappa shape index (κ1) is 24.6. The zero-order chi connectivity index (χ0) is 27.5. The maximum Gasteiger partial charge on any atom is 0.141 e. The molecule has 0 radical (unpaired) electrons. The molecule has 4 aromatic carbocycles. The summed E-state index contributed by atoms with van der Waals surface area (Å²) < 4.78 is 8.13. The Balaban J connectivity index is 1.22. The second kappa shape index (κ2) is 9.74. The minimum atomic E-state index is 0.534. The summed E-state index contributed by atoms with van der Waals surface area (Å²) >= 11 is 6.17. The molecule has 3 unspecified atom stereocenters. The van der Waals surface area contributed by atoms with Gasteiger partial charge in [0, 0.05) is 27.6 Å². The van der Waals surface area contributed by atoms with E-state index in [1.54, 1.807) is 7.11 Å². The van der Waals surface area contributed by atoms with Gasteiger partial charge >= 0.3 is 0 Å². The minimum Gasteiger partial charge on any atom is -0.497 e. The number of nitrogens with zero attached hydrogens (tertiary/aromatic N) is 3. The molecule has 2 saturated carbocycles. The van der Waals surface area contributed by atoms with Crippen molar-refractivity contribution in [2.75, 3.05) is 7.11 Å². The zero-order valence-corrected chi connectivity index (χ0v) is 23.7. The predicted molar refractivity (Wildman–Crippen MR) is 167 cm³/mol. The van der Waals surface area contributed by atoms with E-state index in [-0.39, 0.29) is 0 Å². The Morgan fingerprint density at radius 1 is 0.756 bits per heavy atom. The number of aromatic nitrogens is 3. The lowest BCUT2D eigenvalue weighted by molar-refractivity contribution is 0.338. The third-order valence-electron chi connectivity index (χ3n) is 9.23. The molecular formula is C36H30ClN3O. The van der Waals surface area contributed by atoms with Crippen LogP contribution in [-0.2, 0) is 0 Å². The number of imidazole rings is 1. The first-order valence-electron chi connectivity index (χ1n) is 14.5. The molecule has 0 aliphatic heterocycles. The van der Waals surface area contributed by atoms with Crippen molar-refractivity contribution in [2.24, 2.45) is 11.8 Å². The molecule has 2 aromatic heterocycles. The van der Waals surface area contributed by atoms with Crippen molar-refractivity contribution in [1.82, 2.24) is 14.5 Å². The van der Waals surface area contributed by atoms with Crippen molar-refractivity contribution in [3.63, 3.8) is 0 Å². The zero-order valence-electron chi connectivity index (χ0n) is 22.9. The monoisotopic (exact) mass is 555 g/mol. The van der Waals surface area contributed by atoms with Crippen LogP contribution in [0.5, 0.6) is 5.75 Å². The predicted octanol–water partition coefficient (Wildman–Crippen LogP) is 9.61. The maximum absolute atomic E-state index is 6.17. The first-order chi connectivity index (χ1) is 20.1. The van der Waals surface area contributed by atoms with Gasteiger partial charge in [-0.1, -0.05) is 54.4 Å². The summed E-state index contributed by atoms with van der Waals surface area (Å²) in [5.41, 5.74) is 8.54. The Hall–Kier alpha value is -4.15. The van der Waals surface area contributed by atoms with Crippen LogP contribution >= 0.6 is 11.6 Å². The van der Waals surface area contributed by atoms with Crippen molar-refractivity contribution >= 4 is 33.5 Å². The van der Waals surface area contributed by atoms with Crippen molar-refractivity contribution in [1.29, 1.82) is 0 Å². The Bertz CT molecular complexity index is 1930. The number of rotatable bonds is 5. The topological polar surface area (TPSA) is 39.9 Å². The third kappa shape index (κ3) is 4.20. The number of hydrogen-bond acceptors (Lipinski definition) is 3. The van der Waals surface area contributed by atoms with Gasteiger partial charge in [-0.05, 0) is 103 Å². The standard InChI is InChI=1S/C36H30ClN3O/c1-41-28-14-15-29(23-8-12-27(37)13-9-23)30(21-28)32-17-10-24-20-26(11-16-31(24)38-32)36-39-33-4-2-3-5-34(33)40(36)35-19-22-6-7-25(35)18-22/h2-5,8-17,20-22,25,35H,6-7,18-19H2,1H3. The highest BCUT2D eigenvalue weighted by atomic mass is 35.5. The average molecular weight is 556 g/mol. The number of para-hydroxylation sites is 2. The first-order valence-corrected chi connectivity index (χ1v) is 14.8. The van der Waals surface area contributed by atoms with Gasteiger partial charge in [0.2, 0.25) is 0 Å². The SMILES string of the molecule is COc1ccc(-c2ccc(Cl)cc2)c(-c2ccc3cc(-c4nc5ccccc5n4C4CC5CCC4C5)ccc3n2)c1. The molecule has 0 N–H and O–H groups in total. The highest BCUT2D eigenvalue weighted by Crippen LogP contribution is 2.52. The lowest BCUT2D eigenvalue weighted by Crippen LogP contribution is -2.17. The van der Waals surface area contributed by atoms with Crippen molar-refractivity contribution in [2.45, 2.75) is 31.7 Å². The summed E-state index contributed by atoms with van der Waals surface area (Å²) in [7, 11) is 1.69. The van der Waals surface area contributed by atoms with Gasteiger partial charge in [-0.2, -0.15) is 0 Å². The Morgan fingerprint density at radius 3 is 2.41 bits per heavy atom. The van der Waals surface area contributed by atoms with Crippen LogP contribution in [0.25, 0.3) is 55.7 Å². The molecule has 2 aliphatic carbocycles. The van der Waals surface area contributed by atoms with Crippen molar-refractivity contribution in [3.8, 4) is 39.5 Å². The highest BCUT2D eigenvalue weighted by molar-refractivity contribution is 6.30. The van der Waals surface area contributed by atoms with Crippen LogP contribution in [0.2, 0.25) is 5.02 Å². The quantitative estimate of drug-likeness (QED) is 0.212. The van der Waals surface area contributed by atoms with Crippen LogP contribution in [0.3, 0.4) is 0 Å². The summed E-state index contributed by atoms with van der Waals surface area (Å²) in [5, 5.41) is 1.83. The Morgan fingerprint density at radius 2 is 1.61 bits per heavy atom. The lowest BCUT2D eigenvalue weighted by Gasteiger charge is -2.26. The van der Waals surface area contributed by atoms with Crippen molar-refractivity contribution < 1.29 is 4.74 Å². The third-order valence-corrected chi connectivity index (χ3v) is 9.49. The van der Waals surface area contributed by atoms with Gasteiger partial charge < -0.3 is 9.30 Å². The van der Waals surface area contributed by atoms with E-state index in [9.17, 15) is 0 Å². The van der Waals surface area contributed by atoms with E-state index in [4.69, 9.17) is 26.3 Å². The van der Waals surface area contributed by atoms with Gasteiger partial charge in [0.05, 0.1) is 29.4 Å². The highest BCUT2D eigenvalue weighted by Gasteiger charge is 2.41. The minimum absolute atomic E-state index is 0.534. The van der Waals surface area contributed by atoms with Crippen LogP contribution in [0.1, 0.15) is 31.7 Å². The molecule has 202 valence electrons. The molecule has 41 heavy (non-hydrogen) atoms. The number of ether oxygens (including phenoxy) is 1. The Labute approximate surface area is 244 Å². The molecule has 2 heterocycles. The van der Waals surface area contributed by atoms with Gasteiger partial charge in [0.15, 0.2) is 0 Å². The molecule has 8 rings (SSSR count). The fourth-order valence-electron chi connectivity index (χ4n) is 7.27. The normalized spacial score (nSPS) is 19.8. The molecule has 2 bridgehead atoms. The van der Waals surface area contributed by atoms with Gasteiger partial charge in [-0.15, -0.1) is 0 Å². The van der Waals surface area contributed by atoms with Crippen LogP contribution in [0, 0.1) is 11.8 Å². The molecule has 5 heteroatoms. The molecule has 2 aliphatic rings. The largest absolute Gasteiger partial charge is 0.497 e. The van der Waals surface area contributed by atoms with E-state index in [0.29, 0.717) is 6.04 Å². The van der Waals surface area contributed by atoms with Gasteiger partial charge in [-0.25, -0.2) is 9.97 Å². The number of methoxy groups -OCH3 is 1. The maximum atomic E-state index is 6.17. The summed E-state index contributed by atoms with van der Waals surface area (Å²) in [4.78, 5) is 10.3. The van der Waals surface area contributed by atoms with Gasteiger partial charge in [0.1, 0.15) is 11.6 Å². The summed E-state index contributed by atoms with van der Waals surface area (Å²) in [6, 6.07) is 34.1. The van der Waals surface area contributed by atoms with E-state index in [0.717, 1.165) is 72.8 Å². The second-order valence-corrected chi connectivity index (χ2v) is 12.0. The van der Waals surface area contributed by atoms with Crippen LogP contribution < -0.4 is 4.74 Å². The number of benzene rings is 4. The number of pyridine rings is 1. The summed E-state index contributed by atoms with van der Waals surface area (Å²) in [6.45, 7) is 0. The summed E-state index contributed by atoms with van der Waals surface area (Å²) in [5.74, 6) is 3.51. The molecule has 6 aromatic rings. The number of hydrogen-bond donors (Lipinski definition) is 0. The number of halogens is 1. The molecule has 0 saturated heterocycles. The molecular weight excluding hydrogens is 526 g/mol. The van der Waals surface area contributed by atoms with E-state index < -0.39 is 0 Å². The number of fused-ring (bicyclic) bond motifs is 4. The van der Waals surface area contributed by atoms with Gasteiger partial charge in [0.25, 0.3) is 0 Å².